The molecular weight excluding hydrogens is 242 g/mol. The van der Waals surface area contributed by atoms with Crippen molar-refractivity contribution in [1.29, 1.82) is 0 Å². The highest BCUT2D eigenvalue weighted by molar-refractivity contribution is 6.30. The molecule has 5 nitrogen and oxygen atoms in total. The van der Waals surface area contributed by atoms with E-state index in [0.29, 0.717) is 29.8 Å². The zero-order chi connectivity index (χ0) is 13.2. The molecule has 0 aliphatic heterocycles. The van der Waals surface area contributed by atoms with Gasteiger partial charge in [-0.1, -0.05) is 25.4 Å². The second kappa shape index (κ2) is 5.51. The average Bonchev–Trinajstić information content (AvgIpc) is 2.53. The van der Waals surface area contributed by atoms with Gasteiger partial charge < -0.3 is 9.67 Å². The van der Waals surface area contributed by atoms with E-state index in [-0.39, 0.29) is 0 Å². The lowest BCUT2D eigenvalue weighted by molar-refractivity contribution is -0.143. The third kappa shape index (κ3) is 2.61. The second-order valence-electron chi connectivity index (χ2n) is 3.86. The van der Waals surface area contributed by atoms with Gasteiger partial charge in [-0.25, -0.2) is 4.98 Å². The number of aliphatic carboxylic acids is 1. The third-order valence-corrected chi connectivity index (χ3v) is 3.39. The molecule has 17 heavy (non-hydrogen) atoms. The Bertz CT molecular complexity index is 413. The van der Waals surface area contributed by atoms with E-state index in [0.717, 1.165) is 0 Å². The van der Waals surface area contributed by atoms with Crippen LogP contribution < -0.4 is 0 Å². The van der Waals surface area contributed by atoms with Crippen molar-refractivity contribution in [3.8, 4) is 0 Å². The minimum atomic E-state index is -0.922. The highest BCUT2D eigenvalue weighted by Crippen LogP contribution is 2.27. The number of aromatic nitrogens is 2. The molecular formula is C11H18ClN3O2. The fraction of sp³-hybridized carbons (Fsp3) is 0.636. The van der Waals surface area contributed by atoms with Gasteiger partial charge in [0, 0.05) is 7.05 Å². The minimum Gasteiger partial charge on any atom is -0.480 e. The maximum absolute atomic E-state index is 11.4. The van der Waals surface area contributed by atoms with Crippen LogP contribution in [0, 0.1) is 6.92 Å². The van der Waals surface area contributed by atoms with Crippen LogP contribution in [0.1, 0.15) is 31.4 Å². The summed E-state index contributed by atoms with van der Waals surface area (Å²) >= 11 is 6.12. The molecule has 0 spiro atoms. The van der Waals surface area contributed by atoms with Gasteiger partial charge in [0.15, 0.2) is 6.04 Å². The smallest absolute Gasteiger partial charge is 0.327 e. The number of carbonyl (C=O) groups is 1. The molecule has 0 saturated carbocycles. The van der Waals surface area contributed by atoms with Crippen molar-refractivity contribution >= 4 is 17.6 Å². The molecule has 1 atom stereocenters. The van der Waals surface area contributed by atoms with Crippen LogP contribution in [0.2, 0.25) is 5.15 Å². The monoisotopic (exact) mass is 259 g/mol. The van der Waals surface area contributed by atoms with Gasteiger partial charge in [-0.15, -0.1) is 0 Å². The highest BCUT2D eigenvalue weighted by atomic mass is 35.5. The van der Waals surface area contributed by atoms with Crippen molar-refractivity contribution in [3.63, 3.8) is 0 Å². The average molecular weight is 260 g/mol. The second-order valence-corrected chi connectivity index (χ2v) is 4.21. The summed E-state index contributed by atoms with van der Waals surface area (Å²) in [6.45, 7) is 6.92. The number of imidazole rings is 1. The Morgan fingerprint density at radius 1 is 1.53 bits per heavy atom. The molecule has 0 aromatic carbocycles. The molecule has 0 radical (unpaired) electrons. The summed E-state index contributed by atoms with van der Waals surface area (Å²) in [6.07, 6.45) is 0. The number of aryl methyl sites for hydroxylation is 1. The Kier molecular flexibility index (Phi) is 4.54. The number of likely N-dealkylation sites (N-methyl/N-ethyl adjacent to an activating group) is 1. The first kappa shape index (κ1) is 14.0. The Morgan fingerprint density at radius 3 is 2.35 bits per heavy atom. The van der Waals surface area contributed by atoms with E-state index in [9.17, 15) is 9.90 Å². The summed E-state index contributed by atoms with van der Waals surface area (Å²) in [6, 6.07) is -0.780. The van der Waals surface area contributed by atoms with Crippen LogP contribution in [-0.4, -0.2) is 38.6 Å². The van der Waals surface area contributed by atoms with Gasteiger partial charge in [0.05, 0.1) is 0 Å². The maximum atomic E-state index is 11.4. The Morgan fingerprint density at radius 2 is 2.06 bits per heavy atom. The number of rotatable bonds is 5. The summed E-state index contributed by atoms with van der Waals surface area (Å²) < 4.78 is 1.69. The number of nitrogens with zero attached hydrogens (tertiary/aromatic N) is 3. The van der Waals surface area contributed by atoms with Crippen LogP contribution in [0.25, 0.3) is 0 Å². The number of halogens is 1. The molecule has 0 amide bonds. The third-order valence-electron chi connectivity index (χ3n) is 2.94. The van der Waals surface area contributed by atoms with E-state index in [4.69, 9.17) is 11.6 Å². The Hall–Kier alpha value is -1.07. The SMILES string of the molecule is CCN(CC)C(C(=O)O)c1nc(C)n(C)c1Cl. The summed E-state index contributed by atoms with van der Waals surface area (Å²) in [4.78, 5) is 17.5. The topological polar surface area (TPSA) is 58.4 Å². The first-order valence-electron chi connectivity index (χ1n) is 5.59. The van der Waals surface area contributed by atoms with Gasteiger partial charge in [-0.05, 0) is 20.0 Å². The summed E-state index contributed by atoms with van der Waals surface area (Å²) in [7, 11) is 1.77. The highest BCUT2D eigenvalue weighted by Gasteiger charge is 2.31. The molecule has 1 aromatic rings. The lowest BCUT2D eigenvalue weighted by Crippen LogP contribution is -2.34. The van der Waals surface area contributed by atoms with E-state index in [2.05, 4.69) is 4.98 Å². The zero-order valence-corrected chi connectivity index (χ0v) is 11.3. The molecule has 0 fully saturated rings. The van der Waals surface area contributed by atoms with E-state index in [1.54, 1.807) is 18.5 Å². The van der Waals surface area contributed by atoms with Crippen molar-refractivity contribution in [1.82, 2.24) is 14.5 Å². The van der Waals surface area contributed by atoms with Crippen LogP contribution in [0.3, 0.4) is 0 Å². The van der Waals surface area contributed by atoms with Gasteiger partial charge in [-0.3, -0.25) is 9.69 Å². The van der Waals surface area contributed by atoms with Crippen molar-refractivity contribution in [2.24, 2.45) is 7.05 Å². The first-order chi connectivity index (χ1) is 7.93. The molecule has 0 aliphatic carbocycles. The van der Waals surface area contributed by atoms with Gasteiger partial charge in [-0.2, -0.15) is 0 Å². The molecule has 1 N–H and O–H groups in total. The van der Waals surface area contributed by atoms with Crippen LogP contribution in [-0.2, 0) is 11.8 Å². The standard InChI is InChI=1S/C11H18ClN3O2/c1-5-15(6-2)9(11(16)17)8-10(12)14(4)7(3)13-8/h9H,5-6H2,1-4H3,(H,16,17). The normalized spacial score (nSPS) is 13.1. The van der Waals surface area contributed by atoms with Crippen molar-refractivity contribution in [2.75, 3.05) is 13.1 Å². The molecule has 0 saturated heterocycles. The molecule has 6 heteroatoms. The maximum Gasteiger partial charge on any atom is 0.327 e. The fourth-order valence-corrected chi connectivity index (χ4v) is 2.09. The Labute approximate surface area is 106 Å². The number of hydrogen-bond acceptors (Lipinski definition) is 3. The van der Waals surface area contributed by atoms with Crippen molar-refractivity contribution < 1.29 is 9.90 Å². The molecule has 0 bridgehead atoms. The van der Waals surface area contributed by atoms with E-state index in [1.165, 1.54) is 0 Å². The van der Waals surface area contributed by atoms with E-state index in [1.807, 2.05) is 18.7 Å². The fourth-order valence-electron chi connectivity index (χ4n) is 1.82. The molecule has 96 valence electrons. The van der Waals surface area contributed by atoms with Gasteiger partial charge >= 0.3 is 5.97 Å². The van der Waals surface area contributed by atoms with E-state index < -0.39 is 12.0 Å². The summed E-state index contributed by atoms with van der Waals surface area (Å²) in [5.74, 6) is -0.211. The summed E-state index contributed by atoms with van der Waals surface area (Å²) in [5, 5.41) is 9.72. The molecule has 1 aromatic heterocycles. The molecule has 1 heterocycles. The predicted molar refractivity (Wildman–Crippen MR) is 66.3 cm³/mol. The minimum absolute atomic E-state index is 0.391. The predicted octanol–water partition coefficient (Wildman–Crippen LogP) is 1.85. The van der Waals surface area contributed by atoms with Crippen molar-refractivity contribution in [2.45, 2.75) is 26.8 Å². The van der Waals surface area contributed by atoms with Gasteiger partial charge in [0.2, 0.25) is 0 Å². The molecule has 1 unspecified atom stereocenters. The van der Waals surface area contributed by atoms with Crippen molar-refractivity contribution in [3.05, 3.63) is 16.7 Å². The van der Waals surface area contributed by atoms with Crippen LogP contribution in [0.5, 0.6) is 0 Å². The Balaban J connectivity index is 3.23. The van der Waals surface area contributed by atoms with Crippen LogP contribution in [0.15, 0.2) is 0 Å². The molecule has 1 rings (SSSR count). The molecule has 0 aliphatic rings. The summed E-state index contributed by atoms with van der Waals surface area (Å²) in [5.41, 5.74) is 0.419. The quantitative estimate of drug-likeness (QED) is 0.877. The first-order valence-corrected chi connectivity index (χ1v) is 5.97. The number of carboxylic acids is 1. The van der Waals surface area contributed by atoms with E-state index >= 15 is 0 Å². The van der Waals surface area contributed by atoms with Gasteiger partial charge in [0.25, 0.3) is 0 Å². The number of hydrogen-bond donors (Lipinski definition) is 1. The lowest BCUT2D eigenvalue weighted by atomic mass is 10.2. The van der Waals surface area contributed by atoms with Gasteiger partial charge in [0.1, 0.15) is 16.7 Å². The van der Waals surface area contributed by atoms with Crippen LogP contribution >= 0.6 is 11.6 Å². The zero-order valence-electron chi connectivity index (χ0n) is 10.6. The van der Waals surface area contributed by atoms with Crippen LogP contribution in [0.4, 0.5) is 0 Å². The lowest BCUT2D eigenvalue weighted by Gasteiger charge is -2.24. The largest absolute Gasteiger partial charge is 0.480 e. The number of carboxylic acid groups (broad SMARTS) is 1.